The summed E-state index contributed by atoms with van der Waals surface area (Å²) < 4.78 is 5.72. The summed E-state index contributed by atoms with van der Waals surface area (Å²) in [5.74, 6) is 1.00. The number of aliphatic imine (C=N–C) groups is 1. The summed E-state index contributed by atoms with van der Waals surface area (Å²) in [5.41, 5.74) is 8.26. The minimum absolute atomic E-state index is 0. The van der Waals surface area contributed by atoms with E-state index in [4.69, 9.17) is 10.5 Å². The molecular weight excluding hydrogens is 401 g/mol. The first-order chi connectivity index (χ1) is 10.6. The molecule has 0 amide bonds. The van der Waals surface area contributed by atoms with E-state index >= 15 is 0 Å². The van der Waals surface area contributed by atoms with E-state index in [1.165, 1.54) is 24.8 Å². The number of anilines is 1. The zero-order chi connectivity index (χ0) is 15.8. The highest BCUT2D eigenvalue weighted by Crippen LogP contribution is 2.18. The Morgan fingerprint density at radius 1 is 1.39 bits per heavy atom. The monoisotopic (exact) mass is 431 g/mol. The van der Waals surface area contributed by atoms with Gasteiger partial charge in [-0.1, -0.05) is 26.0 Å². The van der Waals surface area contributed by atoms with Gasteiger partial charge in [0.25, 0.3) is 0 Å². The molecule has 1 unspecified atom stereocenters. The van der Waals surface area contributed by atoms with Crippen LogP contribution in [0.1, 0.15) is 57.4 Å². The molecule has 2 rings (SSSR count). The van der Waals surface area contributed by atoms with Crippen LogP contribution in [-0.2, 0) is 4.74 Å². The molecule has 1 aliphatic heterocycles. The van der Waals surface area contributed by atoms with E-state index in [1.54, 1.807) is 0 Å². The van der Waals surface area contributed by atoms with Gasteiger partial charge in [0.1, 0.15) is 0 Å². The molecule has 3 N–H and O–H groups in total. The number of nitrogens with two attached hydrogens (primary N) is 1. The van der Waals surface area contributed by atoms with Crippen molar-refractivity contribution < 1.29 is 4.74 Å². The predicted octanol–water partition coefficient (Wildman–Crippen LogP) is 4.50. The maximum Gasteiger partial charge on any atom is 0.193 e. The molecule has 0 aliphatic carbocycles. The van der Waals surface area contributed by atoms with Gasteiger partial charge in [-0.15, -0.1) is 24.0 Å². The lowest BCUT2D eigenvalue weighted by atomic mass is 10.0. The van der Waals surface area contributed by atoms with Crippen LogP contribution >= 0.6 is 24.0 Å². The van der Waals surface area contributed by atoms with Crippen molar-refractivity contribution in [2.24, 2.45) is 10.7 Å². The fourth-order valence-electron chi connectivity index (χ4n) is 2.72. The minimum Gasteiger partial charge on any atom is -0.378 e. The number of benzene rings is 1. The molecule has 1 atom stereocenters. The molecule has 0 saturated carbocycles. The van der Waals surface area contributed by atoms with Crippen LogP contribution in [0.2, 0.25) is 0 Å². The second-order valence-electron chi connectivity index (χ2n) is 6.30. The van der Waals surface area contributed by atoms with Gasteiger partial charge in [-0.05, 0) is 55.7 Å². The molecule has 0 aromatic heterocycles. The molecule has 0 radical (unpaired) electrons. The van der Waals surface area contributed by atoms with Gasteiger partial charge in [0, 0.05) is 18.8 Å². The molecule has 4 nitrogen and oxygen atoms in total. The summed E-state index contributed by atoms with van der Waals surface area (Å²) in [6.07, 6.45) is 6.24. The van der Waals surface area contributed by atoms with Crippen LogP contribution in [0, 0.1) is 0 Å². The largest absolute Gasteiger partial charge is 0.378 e. The summed E-state index contributed by atoms with van der Waals surface area (Å²) in [4.78, 5) is 4.41. The Bertz CT molecular complexity index is 485. The Morgan fingerprint density at radius 2 is 2.22 bits per heavy atom. The third-order valence-corrected chi connectivity index (χ3v) is 4.07. The second-order valence-corrected chi connectivity index (χ2v) is 6.30. The Balaban J connectivity index is 0.00000264. The van der Waals surface area contributed by atoms with Crippen molar-refractivity contribution in [2.75, 3.05) is 18.5 Å². The van der Waals surface area contributed by atoms with Crippen molar-refractivity contribution in [3.05, 3.63) is 29.8 Å². The third kappa shape index (κ3) is 7.52. The minimum atomic E-state index is 0. The van der Waals surface area contributed by atoms with Crippen molar-refractivity contribution in [1.82, 2.24) is 0 Å². The summed E-state index contributed by atoms with van der Waals surface area (Å²) in [7, 11) is 0. The number of hydrogen-bond acceptors (Lipinski definition) is 2. The standard InChI is InChI=1S/C18H29N3O.HI/c1-14(2)15-7-5-8-16(13-15)21-18(19)20-11-6-10-17-9-3-4-12-22-17;/h5,7-8,13-14,17H,3-4,6,9-12H2,1-2H3,(H3,19,20,21);1H. The first-order valence-corrected chi connectivity index (χ1v) is 8.43. The maximum atomic E-state index is 5.96. The van der Waals surface area contributed by atoms with Gasteiger partial charge in [-0.2, -0.15) is 0 Å². The Hall–Kier alpha value is -0.820. The molecule has 1 aliphatic rings. The highest BCUT2D eigenvalue weighted by molar-refractivity contribution is 14.0. The van der Waals surface area contributed by atoms with Gasteiger partial charge in [0.2, 0.25) is 0 Å². The van der Waals surface area contributed by atoms with E-state index < -0.39 is 0 Å². The molecule has 1 fully saturated rings. The fraction of sp³-hybridized carbons (Fsp3) is 0.611. The molecular formula is C18H30IN3O. The van der Waals surface area contributed by atoms with Crippen LogP contribution in [0.25, 0.3) is 0 Å². The van der Waals surface area contributed by atoms with Crippen LogP contribution in [0.15, 0.2) is 29.3 Å². The number of nitrogens with one attached hydrogen (secondary N) is 1. The van der Waals surface area contributed by atoms with E-state index in [9.17, 15) is 0 Å². The quantitative estimate of drug-likeness (QED) is 0.302. The van der Waals surface area contributed by atoms with Crippen molar-refractivity contribution >= 4 is 35.6 Å². The van der Waals surface area contributed by atoms with Crippen LogP contribution < -0.4 is 11.1 Å². The lowest BCUT2D eigenvalue weighted by molar-refractivity contribution is 0.0105. The van der Waals surface area contributed by atoms with Gasteiger partial charge in [-0.3, -0.25) is 4.99 Å². The molecule has 0 spiro atoms. The van der Waals surface area contributed by atoms with E-state index in [2.05, 4.69) is 36.3 Å². The fourth-order valence-corrected chi connectivity index (χ4v) is 2.72. The summed E-state index contributed by atoms with van der Waals surface area (Å²) >= 11 is 0. The number of guanidine groups is 1. The number of nitrogens with zero attached hydrogens (tertiary/aromatic N) is 1. The maximum absolute atomic E-state index is 5.96. The number of halogens is 1. The number of rotatable bonds is 6. The van der Waals surface area contributed by atoms with E-state index in [-0.39, 0.29) is 24.0 Å². The molecule has 23 heavy (non-hydrogen) atoms. The lowest BCUT2D eigenvalue weighted by Gasteiger charge is -2.22. The van der Waals surface area contributed by atoms with Crippen LogP contribution in [-0.4, -0.2) is 25.2 Å². The van der Waals surface area contributed by atoms with Crippen LogP contribution in [0.5, 0.6) is 0 Å². The average Bonchev–Trinajstić information content (AvgIpc) is 2.53. The normalized spacial score (nSPS) is 18.6. The van der Waals surface area contributed by atoms with Gasteiger partial charge in [-0.25, -0.2) is 0 Å². The Morgan fingerprint density at radius 3 is 2.91 bits per heavy atom. The van der Waals surface area contributed by atoms with E-state index in [1.807, 2.05) is 12.1 Å². The Labute approximate surface area is 157 Å². The summed E-state index contributed by atoms with van der Waals surface area (Å²) in [6.45, 7) is 6.04. The average molecular weight is 431 g/mol. The smallest absolute Gasteiger partial charge is 0.193 e. The zero-order valence-electron chi connectivity index (χ0n) is 14.3. The van der Waals surface area contributed by atoms with Gasteiger partial charge in [0.15, 0.2) is 5.96 Å². The van der Waals surface area contributed by atoms with Crippen molar-refractivity contribution in [2.45, 2.75) is 58.0 Å². The van der Waals surface area contributed by atoms with E-state index in [0.717, 1.165) is 31.7 Å². The first-order valence-electron chi connectivity index (χ1n) is 8.43. The molecule has 1 aromatic carbocycles. The first kappa shape index (κ1) is 20.2. The topological polar surface area (TPSA) is 59.6 Å². The van der Waals surface area contributed by atoms with E-state index in [0.29, 0.717) is 18.0 Å². The molecule has 130 valence electrons. The van der Waals surface area contributed by atoms with Crippen molar-refractivity contribution in [1.29, 1.82) is 0 Å². The molecule has 1 saturated heterocycles. The van der Waals surface area contributed by atoms with Crippen LogP contribution in [0.4, 0.5) is 5.69 Å². The van der Waals surface area contributed by atoms with Crippen molar-refractivity contribution in [3.63, 3.8) is 0 Å². The summed E-state index contributed by atoms with van der Waals surface area (Å²) in [5, 5.41) is 3.17. The van der Waals surface area contributed by atoms with Crippen LogP contribution in [0.3, 0.4) is 0 Å². The molecule has 5 heteroatoms. The van der Waals surface area contributed by atoms with Gasteiger partial charge in [0.05, 0.1) is 6.10 Å². The van der Waals surface area contributed by atoms with Gasteiger partial charge >= 0.3 is 0 Å². The Kier molecular flexibility index (Phi) is 9.55. The second kappa shape index (κ2) is 10.9. The molecule has 0 bridgehead atoms. The molecule has 1 aromatic rings. The molecule has 1 heterocycles. The SMILES string of the molecule is CC(C)c1cccc(NC(N)=NCCCC2CCCCO2)c1.I. The highest BCUT2D eigenvalue weighted by Gasteiger charge is 2.12. The zero-order valence-corrected chi connectivity index (χ0v) is 16.6. The predicted molar refractivity (Wildman–Crippen MR) is 109 cm³/mol. The van der Waals surface area contributed by atoms with Crippen molar-refractivity contribution in [3.8, 4) is 0 Å². The lowest BCUT2D eigenvalue weighted by Crippen LogP contribution is -2.23. The summed E-state index contributed by atoms with van der Waals surface area (Å²) in [6, 6.07) is 8.33. The van der Waals surface area contributed by atoms with Gasteiger partial charge < -0.3 is 15.8 Å². The third-order valence-electron chi connectivity index (χ3n) is 4.07. The number of hydrogen-bond donors (Lipinski definition) is 2. The highest BCUT2D eigenvalue weighted by atomic mass is 127. The number of ether oxygens (including phenoxy) is 1.